The van der Waals surface area contributed by atoms with Crippen LogP contribution in [0.25, 0.3) is 0 Å². The van der Waals surface area contributed by atoms with Gasteiger partial charge in [0.1, 0.15) is 12.4 Å². The Labute approximate surface area is 120 Å². The summed E-state index contributed by atoms with van der Waals surface area (Å²) >= 11 is 0. The topological polar surface area (TPSA) is 48.1 Å². The van der Waals surface area contributed by atoms with Crippen molar-refractivity contribution in [1.82, 2.24) is 4.98 Å². The lowest BCUT2D eigenvalue weighted by Crippen LogP contribution is -2.18. The molecule has 0 bridgehead atoms. The SMILES string of the molecule is Cc1ccc(OCc2ncccc2C)c(CC(C)N)c1. The first-order valence-corrected chi connectivity index (χ1v) is 6.94. The highest BCUT2D eigenvalue weighted by Crippen LogP contribution is 2.22. The Morgan fingerprint density at radius 1 is 1.25 bits per heavy atom. The van der Waals surface area contributed by atoms with E-state index in [1.54, 1.807) is 6.20 Å². The third-order valence-electron chi connectivity index (χ3n) is 3.24. The molecular weight excluding hydrogens is 248 g/mol. The number of hydrogen-bond donors (Lipinski definition) is 1. The van der Waals surface area contributed by atoms with Crippen LogP contribution < -0.4 is 10.5 Å². The van der Waals surface area contributed by atoms with Gasteiger partial charge in [-0.2, -0.15) is 0 Å². The van der Waals surface area contributed by atoms with Crippen molar-refractivity contribution in [3.05, 3.63) is 58.9 Å². The Morgan fingerprint density at radius 2 is 2.05 bits per heavy atom. The lowest BCUT2D eigenvalue weighted by atomic mass is 10.0. The summed E-state index contributed by atoms with van der Waals surface area (Å²) in [6.45, 7) is 6.62. The molecule has 1 atom stereocenters. The van der Waals surface area contributed by atoms with Crippen LogP contribution in [0.4, 0.5) is 0 Å². The maximum atomic E-state index is 5.94. The van der Waals surface area contributed by atoms with Gasteiger partial charge in [-0.1, -0.05) is 23.8 Å². The summed E-state index contributed by atoms with van der Waals surface area (Å²) in [5, 5.41) is 0. The zero-order valence-corrected chi connectivity index (χ0v) is 12.4. The van der Waals surface area contributed by atoms with E-state index in [9.17, 15) is 0 Å². The molecule has 20 heavy (non-hydrogen) atoms. The van der Waals surface area contributed by atoms with Gasteiger partial charge in [-0.05, 0) is 50.5 Å². The molecule has 0 saturated heterocycles. The van der Waals surface area contributed by atoms with Crippen molar-refractivity contribution in [1.29, 1.82) is 0 Å². The summed E-state index contributed by atoms with van der Waals surface area (Å²) < 4.78 is 5.94. The van der Waals surface area contributed by atoms with E-state index in [0.29, 0.717) is 6.61 Å². The molecule has 2 rings (SSSR count). The van der Waals surface area contributed by atoms with Crippen LogP contribution in [0.3, 0.4) is 0 Å². The number of nitrogens with zero attached hydrogens (tertiary/aromatic N) is 1. The van der Waals surface area contributed by atoms with Crippen LogP contribution in [-0.4, -0.2) is 11.0 Å². The molecule has 1 heterocycles. The second-order valence-corrected chi connectivity index (χ2v) is 5.35. The average molecular weight is 270 g/mol. The van der Waals surface area contributed by atoms with Crippen LogP contribution in [0.1, 0.15) is 29.3 Å². The van der Waals surface area contributed by atoms with E-state index in [2.05, 4.69) is 24.0 Å². The molecule has 1 aromatic heterocycles. The van der Waals surface area contributed by atoms with Gasteiger partial charge in [-0.3, -0.25) is 4.98 Å². The normalized spacial score (nSPS) is 12.2. The number of pyridine rings is 1. The van der Waals surface area contributed by atoms with Gasteiger partial charge in [0, 0.05) is 12.2 Å². The van der Waals surface area contributed by atoms with Crippen molar-refractivity contribution in [3.8, 4) is 5.75 Å². The maximum Gasteiger partial charge on any atom is 0.130 e. The minimum Gasteiger partial charge on any atom is -0.487 e. The van der Waals surface area contributed by atoms with E-state index < -0.39 is 0 Å². The predicted molar refractivity (Wildman–Crippen MR) is 81.8 cm³/mol. The second-order valence-electron chi connectivity index (χ2n) is 5.35. The summed E-state index contributed by atoms with van der Waals surface area (Å²) in [7, 11) is 0. The van der Waals surface area contributed by atoms with E-state index in [0.717, 1.165) is 29.0 Å². The summed E-state index contributed by atoms with van der Waals surface area (Å²) in [6.07, 6.45) is 2.61. The Hall–Kier alpha value is -1.87. The fraction of sp³-hybridized carbons (Fsp3) is 0.353. The quantitative estimate of drug-likeness (QED) is 0.907. The first-order chi connectivity index (χ1) is 9.56. The van der Waals surface area contributed by atoms with Crippen LogP contribution in [0.2, 0.25) is 0 Å². The highest BCUT2D eigenvalue weighted by Gasteiger charge is 2.08. The van der Waals surface area contributed by atoms with Crippen LogP contribution in [0.5, 0.6) is 5.75 Å². The highest BCUT2D eigenvalue weighted by molar-refractivity contribution is 5.37. The van der Waals surface area contributed by atoms with Crippen molar-refractivity contribution in [2.45, 2.75) is 39.8 Å². The van der Waals surface area contributed by atoms with Gasteiger partial charge in [0.25, 0.3) is 0 Å². The van der Waals surface area contributed by atoms with Crippen molar-refractivity contribution in [2.24, 2.45) is 5.73 Å². The first-order valence-electron chi connectivity index (χ1n) is 6.94. The zero-order valence-electron chi connectivity index (χ0n) is 12.4. The number of aromatic nitrogens is 1. The Bertz CT molecular complexity index is 579. The minimum absolute atomic E-state index is 0.121. The molecule has 1 aromatic carbocycles. The molecule has 2 N–H and O–H groups in total. The number of benzene rings is 1. The van der Waals surface area contributed by atoms with Gasteiger partial charge >= 0.3 is 0 Å². The number of rotatable bonds is 5. The maximum absolute atomic E-state index is 5.94. The lowest BCUT2D eigenvalue weighted by Gasteiger charge is -2.14. The van der Waals surface area contributed by atoms with Crippen LogP contribution in [0, 0.1) is 13.8 Å². The van der Waals surface area contributed by atoms with Gasteiger partial charge in [-0.25, -0.2) is 0 Å². The monoisotopic (exact) mass is 270 g/mol. The molecule has 1 unspecified atom stereocenters. The predicted octanol–water partition coefficient (Wildman–Crippen LogP) is 3.17. The molecule has 0 spiro atoms. The highest BCUT2D eigenvalue weighted by atomic mass is 16.5. The molecule has 3 heteroatoms. The molecule has 0 radical (unpaired) electrons. The fourth-order valence-corrected chi connectivity index (χ4v) is 2.17. The third-order valence-corrected chi connectivity index (χ3v) is 3.24. The van der Waals surface area contributed by atoms with Gasteiger partial charge in [0.05, 0.1) is 5.69 Å². The Kier molecular flexibility index (Phi) is 4.74. The van der Waals surface area contributed by atoms with E-state index in [1.807, 2.05) is 32.0 Å². The smallest absolute Gasteiger partial charge is 0.130 e. The lowest BCUT2D eigenvalue weighted by molar-refractivity contribution is 0.296. The molecular formula is C17H22N2O. The molecule has 3 nitrogen and oxygen atoms in total. The van der Waals surface area contributed by atoms with Crippen LogP contribution >= 0.6 is 0 Å². The van der Waals surface area contributed by atoms with E-state index >= 15 is 0 Å². The van der Waals surface area contributed by atoms with Crippen molar-refractivity contribution < 1.29 is 4.74 Å². The standard InChI is InChI=1S/C17H22N2O/c1-12-6-7-17(15(9-12)10-14(3)18)20-11-16-13(2)5-4-8-19-16/h4-9,14H,10-11,18H2,1-3H3. The third kappa shape index (κ3) is 3.81. The Morgan fingerprint density at radius 3 is 2.75 bits per heavy atom. The molecule has 0 aliphatic carbocycles. The van der Waals surface area contributed by atoms with Crippen LogP contribution in [0.15, 0.2) is 36.5 Å². The van der Waals surface area contributed by atoms with Crippen LogP contribution in [-0.2, 0) is 13.0 Å². The summed E-state index contributed by atoms with van der Waals surface area (Å²) in [5.41, 5.74) is 10.4. The van der Waals surface area contributed by atoms with E-state index in [1.165, 1.54) is 5.56 Å². The van der Waals surface area contributed by atoms with E-state index in [-0.39, 0.29) is 6.04 Å². The molecule has 0 saturated carbocycles. The Balaban J connectivity index is 2.15. The van der Waals surface area contributed by atoms with Crippen molar-refractivity contribution >= 4 is 0 Å². The number of ether oxygens (including phenoxy) is 1. The molecule has 0 amide bonds. The summed E-state index contributed by atoms with van der Waals surface area (Å²) in [4.78, 5) is 4.35. The van der Waals surface area contributed by atoms with Gasteiger partial charge < -0.3 is 10.5 Å². The van der Waals surface area contributed by atoms with Gasteiger partial charge in [-0.15, -0.1) is 0 Å². The molecule has 0 aliphatic rings. The molecule has 106 valence electrons. The number of aryl methyl sites for hydroxylation is 2. The summed E-state index contributed by atoms with van der Waals surface area (Å²) in [6, 6.07) is 10.3. The van der Waals surface area contributed by atoms with Gasteiger partial charge in [0.2, 0.25) is 0 Å². The first kappa shape index (κ1) is 14.5. The zero-order chi connectivity index (χ0) is 14.5. The molecule has 0 aliphatic heterocycles. The molecule has 2 aromatic rings. The average Bonchev–Trinajstić information content (AvgIpc) is 2.39. The fourth-order valence-electron chi connectivity index (χ4n) is 2.17. The van der Waals surface area contributed by atoms with Crippen molar-refractivity contribution in [3.63, 3.8) is 0 Å². The summed E-state index contributed by atoms with van der Waals surface area (Å²) in [5.74, 6) is 0.901. The van der Waals surface area contributed by atoms with E-state index in [4.69, 9.17) is 10.5 Å². The number of nitrogens with two attached hydrogens (primary N) is 1. The second kappa shape index (κ2) is 6.53. The largest absolute Gasteiger partial charge is 0.487 e. The molecule has 0 fully saturated rings. The number of hydrogen-bond acceptors (Lipinski definition) is 3. The minimum atomic E-state index is 0.121. The van der Waals surface area contributed by atoms with Gasteiger partial charge in [0.15, 0.2) is 0 Å². The van der Waals surface area contributed by atoms with Crippen molar-refractivity contribution in [2.75, 3.05) is 0 Å².